The first-order chi connectivity index (χ1) is 12.5. The van der Waals surface area contributed by atoms with E-state index in [4.69, 9.17) is 0 Å². The number of hydrogen-bond donors (Lipinski definition) is 3. The van der Waals surface area contributed by atoms with Crippen LogP contribution in [0.5, 0.6) is 0 Å². The number of Topliss-reactive ketones (excluding diaryl/α,β-unsaturated/α-hetero) is 1. The minimum atomic E-state index is -1.09. The zero-order chi connectivity index (χ0) is 20.4. The lowest BCUT2D eigenvalue weighted by molar-refractivity contribution is -0.130. The topological polar surface area (TPSA) is 77.8 Å². The minimum absolute atomic E-state index is 0.0821. The Labute approximate surface area is 165 Å². The van der Waals surface area contributed by atoms with E-state index in [-0.39, 0.29) is 17.4 Å². The largest absolute Gasteiger partial charge is 0.393 e. The monoisotopic (exact) mass is 382 g/mol. The number of fused-ring (bicyclic) bond motifs is 1. The first-order valence-electron chi connectivity index (χ1n) is 11.1. The average Bonchev–Trinajstić information content (AvgIpc) is 2.90. The predicted octanol–water partition coefficient (Wildman–Crippen LogP) is 4.10. The zero-order valence-corrected chi connectivity index (χ0v) is 18.1. The van der Waals surface area contributed by atoms with Crippen molar-refractivity contribution in [2.45, 2.75) is 110 Å². The van der Waals surface area contributed by atoms with Gasteiger partial charge in [0, 0.05) is 12.3 Å². The Morgan fingerprint density at radius 2 is 1.78 bits per heavy atom. The molecule has 0 aliphatic heterocycles. The van der Waals surface area contributed by atoms with Crippen molar-refractivity contribution in [3.63, 3.8) is 0 Å². The Hall–Kier alpha value is -0.450. The third-order valence-electron chi connectivity index (χ3n) is 7.81. The molecule has 0 aromatic rings. The number of aliphatic hydroxyl groups is 3. The molecule has 2 saturated carbocycles. The Bertz CT molecular complexity index is 495. The van der Waals surface area contributed by atoms with Gasteiger partial charge in [-0.05, 0) is 95.3 Å². The maximum Gasteiger partial charge on any atom is 0.136 e. The second-order valence-corrected chi connectivity index (χ2v) is 10.4. The summed E-state index contributed by atoms with van der Waals surface area (Å²) in [6.45, 7) is 9.76. The van der Waals surface area contributed by atoms with Gasteiger partial charge in [-0.3, -0.25) is 4.79 Å². The summed E-state index contributed by atoms with van der Waals surface area (Å²) >= 11 is 0. The molecule has 0 aromatic carbocycles. The lowest BCUT2D eigenvalue weighted by Gasteiger charge is -2.45. The number of ketones is 1. The summed E-state index contributed by atoms with van der Waals surface area (Å²) in [5.74, 6) is 2.01. The molecule has 0 spiro atoms. The van der Waals surface area contributed by atoms with E-state index in [0.29, 0.717) is 30.0 Å². The molecule has 2 fully saturated rings. The quantitative estimate of drug-likeness (QED) is 0.561. The molecule has 27 heavy (non-hydrogen) atoms. The predicted molar refractivity (Wildman–Crippen MR) is 108 cm³/mol. The molecule has 0 heterocycles. The normalized spacial score (nSPS) is 33.4. The van der Waals surface area contributed by atoms with Crippen molar-refractivity contribution in [2.75, 3.05) is 0 Å². The summed E-state index contributed by atoms with van der Waals surface area (Å²) in [4.78, 5) is 12.5. The van der Waals surface area contributed by atoms with Crippen molar-refractivity contribution in [1.29, 1.82) is 0 Å². The molecule has 158 valence electrons. The number of carbonyl (C=O) groups is 1. The first-order valence-corrected chi connectivity index (χ1v) is 11.1. The second-order valence-electron chi connectivity index (χ2n) is 10.4. The van der Waals surface area contributed by atoms with Crippen LogP contribution < -0.4 is 0 Å². The molecule has 2 aliphatic carbocycles. The van der Waals surface area contributed by atoms with Gasteiger partial charge < -0.3 is 15.3 Å². The Morgan fingerprint density at radius 1 is 1.11 bits per heavy atom. The number of rotatable bonds is 9. The van der Waals surface area contributed by atoms with Gasteiger partial charge in [-0.25, -0.2) is 0 Å². The third kappa shape index (κ3) is 5.33. The maximum absolute atomic E-state index is 12.5. The molecule has 0 aromatic heterocycles. The lowest BCUT2D eigenvalue weighted by atomic mass is 9.59. The Kier molecular flexibility index (Phi) is 7.54. The molecule has 2 aliphatic rings. The van der Waals surface area contributed by atoms with Crippen molar-refractivity contribution < 1.29 is 20.1 Å². The van der Waals surface area contributed by atoms with E-state index in [2.05, 4.69) is 13.8 Å². The fourth-order valence-corrected chi connectivity index (χ4v) is 5.98. The van der Waals surface area contributed by atoms with Crippen LogP contribution in [-0.4, -0.2) is 38.9 Å². The molecule has 3 N–H and O–H groups in total. The van der Waals surface area contributed by atoms with Gasteiger partial charge in [0.15, 0.2) is 0 Å². The molecule has 0 radical (unpaired) electrons. The van der Waals surface area contributed by atoms with Crippen molar-refractivity contribution in [3.05, 3.63) is 0 Å². The molecule has 4 nitrogen and oxygen atoms in total. The highest BCUT2D eigenvalue weighted by molar-refractivity contribution is 5.83. The summed E-state index contributed by atoms with van der Waals surface area (Å²) < 4.78 is 0. The van der Waals surface area contributed by atoms with Crippen molar-refractivity contribution in [3.8, 4) is 0 Å². The van der Waals surface area contributed by atoms with Crippen LogP contribution in [0.15, 0.2) is 0 Å². The van der Waals surface area contributed by atoms with Crippen LogP contribution in [0.4, 0.5) is 0 Å². The summed E-state index contributed by atoms with van der Waals surface area (Å²) in [6.07, 6.45) is 7.15. The van der Waals surface area contributed by atoms with Crippen LogP contribution >= 0.6 is 0 Å². The van der Waals surface area contributed by atoms with Gasteiger partial charge in [-0.1, -0.05) is 13.8 Å². The van der Waals surface area contributed by atoms with Crippen LogP contribution in [0.1, 0.15) is 92.4 Å². The molecule has 0 saturated heterocycles. The molecule has 0 bridgehead atoms. The van der Waals surface area contributed by atoms with E-state index < -0.39 is 11.7 Å². The van der Waals surface area contributed by atoms with Gasteiger partial charge in [0.05, 0.1) is 17.8 Å². The van der Waals surface area contributed by atoms with E-state index in [1.54, 1.807) is 13.8 Å². The summed E-state index contributed by atoms with van der Waals surface area (Å²) in [5, 5.41) is 30.2. The van der Waals surface area contributed by atoms with Gasteiger partial charge in [0.1, 0.15) is 5.78 Å². The summed E-state index contributed by atoms with van der Waals surface area (Å²) in [7, 11) is 0. The van der Waals surface area contributed by atoms with Crippen molar-refractivity contribution in [2.24, 2.45) is 29.1 Å². The highest BCUT2D eigenvalue weighted by Gasteiger charge is 2.53. The van der Waals surface area contributed by atoms with E-state index in [1.807, 2.05) is 6.92 Å². The van der Waals surface area contributed by atoms with Gasteiger partial charge in [0.2, 0.25) is 0 Å². The molecule has 2 unspecified atom stereocenters. The molecule has 0 amide bonds. The molecule has 7 atom stereocenters. The van der Waals surface area contributed by atoms with E-state index in [1.165, 1.54) is 0 Å². The molecule has 4 heteroatoms. The first kappa shape index (κ1) is 22.8. The molecule has 2 rings (SSSR count). The van der Waals surface area contributed by atoms with Crippen LogP contribution in [0.2, 0.25) is 0 Å². The number of carbonyl (C=O) groups excluding carboxylic acids is 1. The van der Waals surface area contributed by atoms with Gasteiger partial charge >= 0.3 is 0 Å². The van der Waals surface area contributed by atoms with E-state index in [9.17, 15) is 20.1 Å². The number of aliphatic hydroxyl groups excluding tert-OH is 2. The average molecular weight is 383 g/mol. The third-order valence-corrected chi connectivity index (χ3v) is 7.81. The van der Waals surface area contributed by atoms with Crippen LogP contribution in [0.25, 0.3) is 0 Å². The summed E-state index contributed by atoms with van der Waals surface area (Å²) in [6, 6.07) is 0. The Balaban J connectivity index is 2.17. The maximum atomic E-state index is 12.5. The SMILES string of the molecule is CC(O)CCC(C)[C@H](CC[C@@H](O)C(C)(C)O)[C@H]1CC[C@H]2C(=O)CCC[C@]12C. The van der Waals surface area contributed by atoms with Crippen molar-refractivity contribution in [1.82, 2.24) is 0 Å². The smallest absolute Gasteiger partial charge is 0.136 e. The van der Waals surface area contributed by atoms with E-state index >= 15 is 0 Å². The number of hydrogen-bond acceptors (Lipinski definition) is 4. The minimum Gasteiger partial charge on any atom is -0.393 e. The van der Waals surface area contributed by atoms with E-state index in [0.717, 1.165) is 51.4 Å². The molecular weight excluding hydrogens is 340 g/mol. The van der Waals surface area contributed by atoms with Gasteiger partial charge in [-0.15, -0.1) is 0 Å². The fourth-order valence-electron chi connectivity index (χ4n) is 5.98. The lowest BCUT2D eigenvalue weighted by Crippen LogP contribution is -2.42. The van der Waals surface area contributed by atoms with Gasteiger partial charge in [-0.2, -0.15) is 0 Å². The Morgan fingerprint density at radius 3 is 2.37 bits per heavy atom. The van der Waals surface area contributed by atoms with Crippen LogP contribution in [0.3, 0.4) is 0 Å². The fraction of sp³-hybridized carbons (Fsp3) is 0.957. The van der Waals surface area contributed by atoms with Crippen LogP contribution in [-0.2, 0) is 4.79 Å². The van der Waals surface area contributed by atoms with Crippen LogP contribution in [0, 0.1) is 29.1 Å². The highest BCUT2D eigenvalue weighted by Crippen LogP contribution is 2.58. The van der Waals surface area contributed by atoms with Gasteiger partial charge in [0.25, 0.3) is 0 Å². The zero-order valence-electron chi connectivity index (χ0n) is 18.1. The second kappa shape index (κ2) is 8.92. The summed E-state index contributed by atoms with van der Waals surface area (Å²) in [5.41, 5.74) is -1.00. The standard InChI is InChI=1S/C23H42O4/c1-15(8-9-16(2)24)17(10-13-21(26)22(3,4)27)18-11-12-19-20(25)7-6-14-23(18,19)5/h15-19,21,24,26-27H,6-14H2,1-5H3/t15?,16?,17-,18+,19-,21+,23+/m0/s1. The molecular formula is C23H42O4. The van der Waals surface area contributed by atoms with Crippen molar-refractivity contribution >= 4 is 5.78 Å². The highest BCUT2D eigenvalue weighted by atomic mass is 16.3.